The highest BCUT2D eigenvalue weighted by Gasteiger charge is 2.07. The first-order valence-electron chi connectivity index (χ1n) is 5.85. The Morgan fingerprint density at radius 1 is 1.26 bits per heavy atom. The van der Waals surface area contributed by atoms with Crippen LogP contribution in [0.15, 0.2) is 46.9 Å². The van der Waals surface area contributed by atoms with Gasteiger partial charge in [-0.25, -0.2) is 0 Å². The zero-order valence-corrected chi connectivity index (χ0v) is 12.8. The van der Waals surface area contributed by atoms with Crippen molar-refractivity contribution in [2.45, 2.75) is 13.3 Å². The quantitative estimate of drug-likeness (QED) is 0.871. The van der Waals surface area contributed by atoms with Crippen molar-refractivity contribution in [1.29, 1.82) is 0 Å². The molecule has 1 amide bonds. The van der Waals surface area contributed by atoms with Gasteiger partial charge in [0.25, 0.3) is 0 Å². The number of anilines is 1. The van der Waals surface area contributed by atoms with E-state index in [9.17, 15) is 4.79 Å². The molecule has 19 heavy (non-hydrogen) atoms. The van der Waals surface area contributed by atoms with Gasteiger partial charge in [0.1, 0.15) is 0 Å². The standard InChI is InChI=1S/C15H13BrClNO/c1-10-5-6-13(17)9-14(10)18-15(19)8-11-3-2-4-12(16)7-11/h2-7,9H,8H2,1H3,(H,18,19). The summed E-state index contributed by atoms with van der Waals surface area (Å²) in [5, 5.41) is 3.49. The number of carbonyl (C=O) groups is 1. The van der Waals surface area contributed by atoms with Crippen LogP contribution in [-0.4, -0.2) is 5.91 Å². The summed E-state index contributed by atoms with van der Waals surface area (Å²) in [4.78, 5) is 12.0. The zero-order chi connectivity index (χ0) is 13.8. The lowest BCUT2D eigenvalue weighted by atomic mass is 10.1. The van der Waals surface area contributed by atoms with Gasteiger partial charge in [-0.1, -0.05) is 45.7 Å². The van der Waals surface area contributed by atoms with Crippen molar-refractivity contribution in [1.82, 2.24) is 0 Å². The number of benzene rings is 2. The summed E-state index contributed by atoms with van der Waals surface area (Å²) in [5.74, 6) is -0.0523. The van der Waals surface area contributed by atoms with Gasteiger partial charge in [0, 0.05) is 15.2 Å². The zero-order valence-electron chi connectivity index (χ0n) is 10.4. The lowest BCUT2D eigenvalue weighted by Crippen LogP contribution is -2.15. The molecule has 0 radical (unpaired) electrons. The van der Waals surface area contributed by atoms with Crippen LogP contribution in [0, 0.1) is 6.92 Å². The maximum absolute atomic E-state index is 12.0. The fourth-order valence-corrected chi connectivity index (χ4v) is 2.37. The third-order valence-corrected chi connectivity index (χ3v) is 3.46. The highest BCUT2D eigenvalue weighted by molar-refractivity contribution is 9.10. The van der Waals surface area contributed by atoms with Crippen molar-refractivity contribution in [3.63, 3.8) is 0 Å². The summed E-state index contributed by atoms with van der Waals surface area (Å²) in [6, 6.07) is 13.2. The molecule has 0 unspecified atom stereocenters. The van der Waals surface area contributed by atoms with Gasteiger partial charge >= 0.3 is 0 Å². The van der Waals surface area contributed by atoms with E-state index in [2.05, 4.69) is 21.2 Å². The average molecular weight is 339 g/mol. The van der Waals surface area contributed by atoms with Crippen LogP contribution in [0.25, 0.3) is 0 Å². The highest BCUT2D eigenvalue weighted by atomic mass is 79.9. The monoisotopic (exact) mass is 337 g/mol. The molecule has 4 heteroatoms. The van der Waals surface area contributed by atoms with Gasteiger partial charge in [-0.2, -0.15) is 0 Å². The first-order chi connectivity index (χ1) is 9.04. The van der Waals surface area contributed by atoms with Gasteiger partial charge in [-0.05, 0) is 42.3 Å². The Bertz CT molecular complexity index is 613. The molecule has 0 atom stereocenters. The lowest BCUT2D eigenvalue weighted by Gasteiger charge is -2.09. The third-order valence-electron chi connectivity index (χ3n) is 2.73. The summed E-state index contributed by atoms with van der Waals surface area (Å²) in [5.41, 5.74) is 2.71. The molecule has 0 bridgehead atoms. The van der Waals surface area contributed by atoms with Crippen LogP contribution in [0.5, 0.6) is 0 Å². The van der Waals surface area contributed by atoms with Crippen LogP contribution in [0.1, 0.15) is 11.1 Å². The van der Waals surface area contributed by atoms with E-state index >= 15 is 0 Å². The third kappa shape index (κ3) is 4.08. The molecule has 0 fully saturated rings. The maximum Gasteiger partial charge on any atom is 0.228 e. The molecule has 0 heterocycles. The van der Waals surface area contributed by atoms with Crippen molar-refractivity contribution < 1.29 is 4.79 Å². The minimum atomic E-state index is -0.0523. The van der Waals surface area contributed by atoms with Crippen molar-refractivity contribution in [2.75, 3.05) is 5.32 Å². The van der Waals surface area contributed by atoms with Crippen LogP contribution in [-0.2, 0) is 11.2 Å². The maximum atomic E-state index is 12.0. The summed E-state index contributed by atoms with van der Waals surface area (Å²) >= 11 is 9.31. The second-order valence-corrected chi connectivity index (χ2v) is 5.67. The summed E-state index contributed by atoms with van der Waals surface area (Å²) in [6.45, 7) is 1.94. The Morgan fingerprint density at radius 3 is 2.79 bits per heavy atom. The van der Waals surface area contributed by atoms with Gasteiger partial charge in [0.05, 0.1) is 6.42 Å². The van der Waals surface area contributed by atoms with E-state index < -0.39 is 0 Å². The Labute approximate surface area is 125 Å². The van der Waals surface area contributed by atoms with Gasteiger partial charge in [-0.15, -0.1) is 0 Å². The number of hydrogen-bond acceptors (Lipinski definition) is 1. The van der Waals surface area contributed by atoms with Crippen molar-refractivity contribution >= 4 is 39.1 Å². The first kappa shape index (κ1) is 14.1. The van der Waals surface area contributed by atoms with E-state index in [4.69, 9.17) is 11.6 Å². The fraction of sp³-hybridized carbons (Fsp3) is 0.133. The molecule has 98 valence electrons. The topological polar surface area (TPSA) is 29.1 Å². The van der Waals surface area contributed by atoms with Crippen molar-refractivity contribution in [3.8, 4) is 0 Å². The number of aryl methyl sites for hydroxylation is 1. The van der Waals surface area contributed by atoms with E-state index in [1.54, 1.807) is 12.1 Å². The summed E-state index contributed by atoms with van der Waals surface area (Å²) < 4.78 is 0.969. The molecule has 0 aliphatic heterocycles. The highest BCUT2D eigenvalue weighted by Crippen LogP contribution is 2.20. The van der Waals surface area contributed by atoms with Crippen LogP contribution in [0.2, 0.25) is 5.02 Å². The van der Waals surface area contributed by atoms with Crippen LogP contribution < -0.4 is 5.32 Å². The molecule has 2 aromatic carbocycles. The second-order valence-electron chi connectivity index (χ2n) is 4.31. The first-order valence-corrected chi connectivity index (χ1v) is 7.02. The molecule has 2 rings (SSSR count). The van der Waals surface area contributed by atoms with Gasteiger partial charge < -0.3 is 5.32 Å². The smallest absolute Gasteiger partial charge is 0.228 e. The predicted octanol–water partition coefficient (Wildman–Crippen LogP) is 4.59. The SMILES string of the molecule is Cc1ccc(Cl)cc1NC(=O)Cc1cccc(Br)c1. The fourth-order valence-electron chi connectivity index (χ4n) is 1.76. The molecule has 0 aliphatic rings. The van der Waals surface area contributed by atoms with E-state index in [1.807, 2.05) is 37.3 Å². The van der Waals surface area contributed by atoms with Gasteiger partial charge in [0.2, 0.25) is 5.91 Å². The normalized spacial score (nSPS) is 10.3. The molecule has 0 aromatic heterocycles. The minimum Gasteiger partial charge on any atom is -0.326 e. The molecule has 0 saturated carbocycles. The summed E-state index contributed by atoms with van der Waals surface area (Å²) in [6.07, 6.45) is 0.339. The van der Waals surface area contributed by atoms with Crippen LogP contribution in [0.4, 0.5) is 5.69 Å². The average Bonchev–Trinajstić information content (AvgIpc) is 2.34. The molecule has 1 N–H and O–H groups in total. The van der Waals surface area contributed by atoms with Gasteiger partial charge in [-0.3, -0.25) is 4.79 Å². The Kier molecular flexibility index (Phi) is 4.61. The van der Waals surface area contributed by atoms with Crippen molar-refractivity contribution in [2.24, 2.45) is 0 Å². The number of rotatable bonds is 3. The van der Waals surface area contributed by atoms with Crippen LogP contribution >= 0.6 is 27.5 Å². The molecule has 0 saturated heterocycles. The Balaban J connectivity index is 2.07. The van der Waals surface area contributed by atoms with Gasteiger partial charge in [0.15, 0.2) is 0 Å². The van der Waals surface area contributed by atoms with Crippen molar-refractivity contribution in [3.05, 3.63) is 63.1 Å². The largest absolute Gasteiger partial charge is 0.326 e. The molecular weight excluding hydrogens is 326 g/mol. The summed E-state index contributed by atoms with van der Waals surface area (Å²) in [7, 11) is 0. The second kappa shape index (κ2) is 6.22. The number of carbonyl (C=O) groups excluding carboxylic acids is 1. The Hall–Kier alpha value is -1.32. The van der Waals surface area contributed by atoms with E-state index in [1.165, 1.54) is 0 Å². The Morgan fingerprint density at radius 2 is 2.05 bits per heavy atom. The predicted molar refractivity (Wildman–Crippen MR) is 82.7 cm³/mol. The molecule has 0 spiro atoms. The molecule has 2 aromatic rings. The van der Waals surface area contributed by atoms with E-state index in [0.717, 1.165) is 21.3 Å². The number of halogens is 2. The minimum absolute atomic E-state index is 0.0523. The number of amides is 1. The molecule has 2 nitrogen and oxygen atoms in total. The number of hydrogen-bond donors (Lipinski definition) is 1. The van der Waals surface area contributed by atoms with Crippen LogP contribution in [0.3, 0.4) is 0 Å². The number of nitrogens with one attached hydrogen (secondary N) is 1. The lowest BCUT2D eigenvalue weighted by molar-refractivity contribution is -0.115. The molecule has 0 aliphatic carbocycles. The van der Waals surface area contributed by atoms with E-state index in [0.29, 0.717) is 11.4 Å². The molecular formula is C15H13BrClNO. The van der Waals surface area contributed by atoms with E-state index in [-0.39, 0.29) is 5.91 Å².